The molecule has 0 spiro atoms. The first-order valence-corrected chi connectivity index (χ1v) is 6.93. The largest absolute Gasteiger partial charge is 0.325 e. The number of rotatable bonds is 4. The average Bonchev–Trinajstić information content (AvgIpc) is 2.44. The van der Waals surface area contributed by atoms with Gasteiger partial charge in [-0.05, 0) is 30.2 Å². The normalized spacial score (nSPS) is 11.9. The number of halogens is 2. The van der Waals surface area contributed by atoms with E-state index in [-0.39, 0.29) is 10.9 Å². The van der Waals surface area contributed by atoms with Crippen molar-refractivity contribution >= 4 is 35.8 Å². The molecule has 1 unspecified atom stereocenters. The molecule has 0 aliphatic rings. The van der Waals surface area contributed by atoms with Crippen molar-refractivity contribution in [3.8, 4) is 0 Å². The number of hydrogen-bond acceptors (Lipinski definition) is 2. The van der Waals surface area contributed by atoms with Gasteiger partial charge in [0.2, 0.25) is 5.91 Å². The van der Waals surface area contributed by atoms with E-state index in [0.717, 1.165) is 5.56 Å². The van der Waals surface area contributed by atoms with Crippen molar-refractivity contribution in [1.82, 2.24) is 0 Å². The summed E-state index contributed by atoms with van der Waals surface area (Å²) >= 11 is 9.95. The fourth-order valence-electron chi connectivity index (χ4n) is 1.73. The summed E-state index contributed by atoms with van der Waals surface area (Å²) in [6.45, 7) is 0. The Labute approximate surface area is 127 Å². The van der Waals surface area contributed by atoms with Crippen molar-refractivity contribution in [1.29, 1.82) is 0 Å². The number of amides is 1. The summed E-state index contributed by atoms with van der Waals surface area (Å²) in [4.78, 5) is 12.0. The second-order valence-corrected chi connectivity index (χ2v) is 5.35. The molecule has 1 N–H and O–H groups in total. The van der Waals surface area contributed by atoms with Crippen LogP contribution in [0.3, 0.4) is 0 Å². The Morgan fingerprint density at radius 3 is 2.60 bits per heavy atom. The number of anilines is 1. The molecule has 0 saturated carbocycles. The minimum absolute atomic E-state index is 0.0263. The number of carbonyl (C=O) groups excluding carboxylic acids is 1. The van der Waals surface area contributed by atoms with E-state index < -0.39 is 11.1 Å². The Hall–Kier alpha value is -1.52. The van der Waals surface area contributed by atoms with Crippen molar-refractivity contribution in [2.75, 3.05) is 5.32 Å². The van der Waals surface area contributed by atoms with E-state index in [1.165, 1.54) is 18.2 Å². The Bertz CT molecular complexity index is 606. The maximum atomic E-state index is 13.0. The molecule has 5 heteroatoms. The third-order valence-corrected chi connectivity index (χ3v) is 3.47. The zero-order chi connectivity index (χ0) is 14.5. The SMILES string of the molecule is O=C(Nc1ccc(F)c(Cl)c1)C(S)Cc1ccccc1. The summed E-state index contributed by atoms with van der Waals surface area (Å²) in [6, 6.07) is 13.7. The number of thiol groups is 1. The molecule has 2 nitrogen and oxygen atoms in total. The number of hydrogen-bond donors (Lipinski definition) is 2. The van der Waals surface area contributed by atoms with Gasteiger partial charge < -0.3 is 5.32 Å². The standard InChI is InChI=1S/C15H13ClFNOS/c16-12-9-11(6-7-13(12)17)18-15(19)14(20)8-10-4-2-1-3-5-10/h1-7,9,14,20H,8H2,(H,18,19). The lowest BCUT2D eigenvalue weighted by Crippen LogP contribution is -2.25. The molecule has 2 aromatic carbocycles. The first-order chi connectivity index (χ1) is 9.56. The minimum Gasteiger partial charge on any atom is -0.325 e. The van der Waals surface area contributed by atoms with Crippen LogP contribution in [-0.2, 0) is 11.2 Å². The Morgan fingerprint density at radius 2 is 1.95 bits per heavy atom. The molecular weight excluding hydrogens is 297 g/mol. The van der Waals surface area contributed by atoms with Gasteiger partial charge in [-0.2, -0.15) is 12.6 Å². The molecule has 2 aromatic rings. The molecule has 0 bridgehead atoms. The van der Waals surface area contributed by atoms with Crippen LogP contribution in [0.1, 0.15) is 5.56 Å². The van der Waals surface area contributed by atoms with Gasteiger partial charge in [-0.15, -0.1) is 0 Å². The van der Waals surface area contributed by atoms with Gasteiger partial charge in [-0.25, -0.2) is 4.39 Å². The van der Waals surface area contributed by atoms with Crippen molar-refractivity contribution in [3.63, 3.8) is 0 Å². The third-order valence-electron chi connectivity index (χ3n) is 2.76. The zero-order valence-corrected chi connectivity index (χ0v) is 12.2. The molecule has 0 aromatic heterocycles. The second-order valence-electron chi connectivity index (χ2n) is 4.32. The lowest BCUT2D eigenvalue weighted by atomic mass is 10.1. The highest BCUT2D eigenvalue weighted by Crippen LogP contribution is 2.20. The van der Waals surface area contributed by atoms with E-state index in [1.54, 1.807) is 0 Å². The summed E-state index contributed by atoms with van der Waals surface area (Å²) < 4.78 is 13.0. The molecule has 104 valence electrons. The third kappa shape index (κ3) is 3.99. The van der Waals surface area contributed by atoms with E-state index in [1.807, 2.05) is 30.3 Å². The molecule has 0 radical (unpaired) electrons. The lowest BCUT2D eigenvalue weighted by molar-refractivity contribution is -0.115. The van der Waals surface area contributed by atoms with Crippen LogP contribution in [0.15, 0.2) is 48.5 Å². The second kappa shape index (κ2) is 6.77. The van der Waals surface area contributed by atoms with Gasteiger partial charge in [0.25, 0.3) is 0 Å². The smallest absolute Gasteiger partial charge is 0.237 e. The molecule has 0 saturated heterocycles. The van der Waals surface area contributed by atoms with E-state index >= 15 is 0 Å². The Morgan fingerprint density at radius 1 is 1.25 bits per heavy atom. The van der Waals surface area contributed by atoms with Crippen molar-refractivity contribution in [3.05, 3.63) is 64.9 Å². The molecule has 1 atom stereocenters. The van der Waals surface area contributed by atoms with E-state index in [0.29, 0.717) is 12.1 Å². The molecule has 0 aliphatic heterocycles. The van der Waals surface area contributed by atoms with Crippen LogP contribution >= 0.6 is 24.2 Å². The Kier molecular flexibility index (Phi) is 5.04. The molecule has 0 aliphatic carbocycles. The summed E-state index contributed by atoms with van der Waals surface area (Å²) in [7, 11) is 0. The van der Waals surface area contributed by atoms with Crippen LogP contribution in [-0.4, -0.2) is 11.2 Å². The van der Waals surface area contributed by atoms with Gasteiger partial charge in [-0.1, -0.05) is 41.9 Å². The maximum absolute atomic E-state index is 13.0. The summed E-state index contributed by atoms with van der Waals surface area (Å²) in [5.74, 6) is -0.767. The van der Waals surface area contributed by atoms with E-state index in [4.69, 9.17) is 11.6 Å². The van der Waals surface area contributed by atoms with Gasteiger partial charge in [0.15, 0.2) is 0 Å². The van der Waals surface area contributed by atoms with Gasteiger partial charge in [0.05, 0.1) is 10.3 Å². The quantitative estimate of drug-likeness (QED) is 0.823. The number of carbonyl (C=O) groups is 1. The predicted molar refractivity (Wildman–Crippen MR) is 83.0 cm³/mol. The van der Waals surface area contributed by atoms with Crippen LogP contribution < -0.4 is 5.32 Å². The van der Waals surface area contributed by atoms with Crippen LogP contribution in [0, 0.1) is 5.82 Å². The molecule has 0 heterocycles. The highest BCUT2D eigenvalue weighted by Gasteiger charge is 2.15. The van der Waals surface area contributed by atoms with Crippen LogP contribution in [0.5, 0.6) is 0 Å². The summed E-state index contributed by atoms with van der Waals surface area (Å²) in [5.41, 5.74) is 1.48. The van der Waals surface area contributed by atoms with E-state index in [9.17, 15) is 9.18 Å². The number of nitrogens with one attached hydrogen (secondary N) is 1. The van der Waals surface area contributed by atoms with Crippen LogP contribution in [0.4, 0.5) is 10.1 Å². The monoisotopic (exact) mass is 309 g/mol. The molecule has 0 fully saturated rings. The summed E-state index contributed by atoms with van der Waals surface area (Å²) in [5, 5.41) is 2.15. The fourth-order valence-corrected chi connectivity index (χ4v) is 2.19. The lowest BCUT2D eigenvalue weighted by Gasteiger charge is -2.12. The van der Waals surface area contributed by atoms with Crippen molar-refractivity contribution in [2.45, 2.75) is 11.7 Å². The van der Waals surface area contributed by atoms with Gasteiger partial charge in [-0.3, -0.25) is 4.79 Å². The van der Waals surface area contributed by atoms with E-state index in [2.05, 4.69) is 17.9 Å². The molecular formula is C15H13ClFNOS. The van der Waals surface area contributed by atoms with Crippen molar-refractivity contribution in [2.24, 2.45) is 0 Å². The topological polar surface area (TPSA) is 29.1 Å². The zero-order valence-electron chi connectivity index (χ0n) is 10.5. The first kappa shape index (κ1) is 14.9. The Balaban J connectivity index is 1.99. The molecule has 20 heavy (non-hydrogen) atoms. The van der Waals surface area contributed by atoms with Gasteiger partial charge in [0.1, 0.15) is 5.82 Å². The predicted octanol–water partition coefficient (Wildman–Crippen LogP) is 3.96. The summed E-state index contributed by atoms with van der Waals surface area (Å²) in [6.07, 6.45) is 0.519. The maximum Gasteiger partial charge on any atom is 0.237 e. The fraction of sp³-hybridized carbons (Fsp3) is 0.133. The minimum atomic E-state index is -0.517. The van der Waals surface area contributed by atoms with Crippen LogP contribution in [0.2, 0.25) is 5.02 Å². The molecule has 2 rings (SSSR count). The highest BCUT2D eigenvalue weighted by atomic mass is 35.5. The molecule has 1 amide bonds. The highest BCUT2D eigenvalue weighted by molar-refractivity contribution is 7.81. The van der Waals surface area contributed by atoms with Crippen molar-refractivity contribution < 1.29 is 9.18 Å². The first-order valence-electron chi connectivity index (χ1n) is 6.04. The van der Waals surface area contributed by atoms with Gasteiger partial charge >= 0.3 is 0 Å². The van der Waals surface area contributed by atoms with Gasteiger partial charge in [0, 0.05) is 5.69 Å². The number of benzene rings is 2. The average molecular weight is 310 g/mol. The van der Waals surface area contributed by atoms with Crippen LogP contribution in [0.25, 0.3) is 0 Å².